The molecular weight excluding hydrogens is 368 g/mol. The zero-order valence-electron chi connectivity index (χ0n) is 14.7. The fourth-order valence-electron chi connectivity index (χ4n) is 3.08. The molecule has 1 saturated heterocycles. The van der Waals surface area contributed by atoms with Crippen molar-refractivity contribution in [1.29, 1.82) is 0 Å². The number of alkyl halides is 2. The molecular formula is C16H23F2N3O4S. The van der Waals surface area contributed by atoms with E-state index >= 15 is 0 Å². The van der Waals surface area contributed by atoms with E-state index in [-0.39, 0.29) is 5.69 Å². The van der Waals surface area contributed by atoms with E-state index in [1.54, 1.807) is 0 Å². The largest absolute Gasteiger partial charge is 0.379 e. The first-order valence-corrected chi connectivity index (χ1v) is 9.96. The highest BCUT2D eigenvalue weighted by Crippen LogP contribution is 2.30. The Morgan fingerprint density at radius 3 is 2.65 bits per heavy atom. The molecule has 1 fully saturated rings. The molecule has 146 valence electrons. The Kier molecular flexibility index (Phi) is 6.51. The molecule has 0 radical (unpaired) electrons. The van der Waals surface area contributed by atoms with E-state index in [4.69, 9.17) is 0 Å². The highest BCUT2D eigenvalue weighted by atomic mass is 32.2. The summed E-state index contributed by atoms with van der Waals surface area (Å²) in [5, 5.41) is 14.2. The average molecular weight is 391 g/mol. The lowest BCUT2D eigenvalue weighted by atomic mass is 9.97. The summed E-state index contributed by atoms with van der Waals surface area (Å²) in [4.78, 5) is 12.0. The minimum Gasteiger partial charge on any atom is -0.379 e. The molecule has 1 aliphatic heterocycles. The normalized spacial score (nSPS) is 19.1. The number of rotatable bonds is 7. The van der Waals surface area contributed by atoms with Crippen molar-refractivity contribution < 1.29 is 22.1 Å². The Balaban J connectivity index is 2.15. The Labute approximate surface area is 151 Å². The van der Waals surface area contributed by atoms with E-state index < -0.39 is 31.1 Å². The highest BCUT2D eigenvalue weighted by Gasteiger charge is 2.29. The number of anilines is 1. The van der Waals surface area contributed by atoms with E-state index in [2.05, 4.69) is 24.1 Å². The van der Waals surface area contributed by atoms with Crippen LogP contribution in [0.15, 0.2) is 23.1 Å². The number of piperidine rings is 1. The number of nitro benzene ring substituents is 1. The van der Waals surface area contributed by atoms with Crippen LogP contribution in [0, 0.1) is 16.0 Å². The van der Waals surface area contributed by atoms with Crippen molar-refractivity contribution >= 4 is 21.2 Å². The zero-order chi connectivity index (χ0) is 19.5. The minimum absolute atomic E-state index is 0.130. The predicted octanol–water partition coefficient (Wildman–Crippen LogP) is 3.12. The first-order chi connectivity index (χ1) is 12.1. The summed E-state index contributed by atoms with van der Waals surface area (Å²) in [7, 11) is -4.87. The molecule has 1 aromatic carbocycles. The van der Waals surface area contributed by atoms with Gasteiger partial charge in [0.2, 0.25) is 9.84 Å². The van der Waals surface area contributed by atoms with Crippen LogP contribution in [-0.4, -0.2) is 49.7 Å². The monoisotopic (exact) mass is 391 g/mol. The fraction of sp³-hybridized carbons (Fsp3) is 0.625. The van der Waals surface area contributed by atoms with E-state index in [0.717, 1.165) is 32.0 Å². The van der Waals surface area contributed by atoms with Gasteiger partial charge in [0.25, 0.3) is 5.69 Å². The first kappa shape index (κ1) is 20.5. The van der Waals surface area contributed by atoms with E-state index in [1.807, 2.05) is 0 Å². The van der Waals surface area contributed by atoms with Crippen LogP contribution in [0.3, 0.4) is 0 Å². The van der Waals surface area contributed by atoms with Crippen molar-refractivity contribution in [2.24, 2.45) is 5.92 Å². The van der Waals surface area contributed by atoms with Gasteiger partial charge in [-0.1, -0.05) is 0 Å². The number of likely N-dealkylation sites (tertiary alicyclic amines) is 1. The second kappa shape index (κ2) is 8.26. The van der Waals surface area contributed by atoms with Gasteiger partial charge in [-0.25, -0.2) is 8.42 Å². The van der Waals surface area contributed by atoms with Gasteiger partial charge in [-0.3, -0.25) is 10.1 Å². The molecule has 1 aromatic rings. The molecule has 1 heterocycles. The Morgan fingerprint density at radius 2 is 2.08 bits per heavy atom. The number of nitrogens with one attached hydrogen (secondary N) is 1. The quantitative estimate of drug-likeness (QED) is 0.567. The summed E-state index contributed by atoms with van der Waals surface area (Å²) in [6.45, 7) is 6.61. The number of benzene rings is 1. The molecule has 0 bridgehead atoms. The second-order valence-corrected chi connectivity index (χ2v) is 8.64. The SMILES string of the molecule is CC(C)N1CCCC(CNc2ccc(S(=O)(=O)C(F)F)cc2[N+](=O)[O-])C1. The summed E-state index contributed by atoms with van der Waals surface area (Å²) < 4.78 is 48.3. The number of hydrogen-bond donors (Lipinski definition) is 1. The number of sulfone groups is 1. The van der Waals surface area contributed by atoms with Crippen LogP contribution in [-0.2, 0) is 9.84 Å². The van der Waals surface area contributed by atoms with Gasteiger partial charge in [0.1, 0.15) is 5.69 Å². The second-order valence-electron chi connectivity index (χ2n) is 6.72. The van der Waals surface area contributed by atoms with Crippen molar-refractivity contribution in [1.82, 2.24) is 4.90 Å². The van der Waals surface area contributed by atoms with Crippen LogP contribution in [0.1, 0.15) is 26.7 Å². The molecule has 0 saturated carbocycles. The molecule has 1 N–H and O–H groups in total. The van der Waals surface area contributed by atoms with Gasteiger partial charge in [-0.05, 0) is 51.3 Å². The van der Waals surface area contributed by atoms with Gasteiger partial charge >= 0.3 is 5.76 Å². The first-order valence-electron chi connectivity index (χ1n) is 8.41. The van der Waals surface area contributed by atoms with Crippen LogP contribution in [0.4, 0.5) is 20.2 Å². The minimum atomic E-state index is -4.87. The van der Waals surface area contributed by atoms with Crippen LogP contribution < -0.4 is 5.32 Å². The van der Waals surface area contributed by atoms with Crippen molar-refractivity contribution in [3.05, 3.63) is 28.3 Å². The number of nitrogens with zero attached hydrogens (tertiary/aromatic N) is 2. The molecule has 1 atom stereocenters. The summed E-state index contributed by atoms with van der Waals surface area (Å²) in [5.41, 5.74) is -0.395. The Hall–Kier alpha value is -1.81. The van der Waals surface area contributed by atoms with E-state index in [9.17, 15) is 27.3 Å². The number of hydrogen-bond acceptors (Lipinski definition) is 6. The van der Waals surface area contributed by atoms with Crippen LogP contribution in [0.2, 0.25) is 0 Å². The van der Waals surface area contributed by atoms with Gasteiger partial charge in [0.05, 0.1) is 9.82 Å². The smallest absolute Gasteiger partial charge is 0.341 e. The van der Waals surface area contributed by atoms with Crippen LogP contribution in [0.25, 0.3) is 0 Å². The van der Waals surface area contributed by atoms with Gasteiger partial charge in [-0.2, -0.15) is 8.78 Å². The number of nitro groups is 1. The molecule has 26 heavy (non-hydrogen) atoms. The molecule has 1 unspecified atom stereocenters. The molecule has 0 amide bonds. The third kappa shape index (κ3) is 4.67. The maximum absolute atomic E-state index is 12.6. The molecule has 0 aliphatic carbocycles. The van der Waals surface area contributed by atoms with Crippen LogP contribution in [0.5, 0.6) is 0 Å². The Bertz CT molecular complexity index is 756. The lowest BCUT2D eigenvalue weighted by Gasteiger charge is -2.35. The topological polar surface area (TPSA) is 92.6 Å². The Morgan fingerprint density at radius 1 is 1.38 bits per heavy atom. The van der Waals surface area contributed by atoms with Crippen molar-refractivity contribution in [3.63, 3.8) is 0 Å². The number of halogens is 2. The van der Waals surface area contributed by atoms with Crippen LogP contribution >= 0.6 is 0 Å². The average Bonchev–Trinajstić information content (AvgIpc) is 2.59. The maximum Gasteiger partial charge on any atom is 0.341 e. The third-order valence-electron chi connectivity index (χ3n) is 4.59. The van der Waals surface area contributed by atoms with Gasteiger partial charge in [0.15, 0.2) is 0 Å². The van der Waals surface area contributed by atoms with E-state index in [1.165, 1.54) is 6.07 Å². The van der Waals surface area contributed by atoms with Gasteiger partial charge in [0, 0.05) is 25.2 Å². The lowest BCUT2D eigenvalue weighted by molar-refractivity contribution is -0.384. The van der Waals surface area contributed by atoms with Crippen molar-refractivity contribution in [3.8, 4) is 0 Å². The summed E-state index contributed by atoms with van der Waals surface area (Å²) in [6, 6.07) is 3.26. The lowest BCUT2D eigenvalue weighted by Crippen LogP contribution is -2.41. The van der Waals surface area contributed by atoms with Gasteiger partial charge in [-0.15, -0.1) is 0 Å². The molecule has 10 heteroatoms. The summed E-state index contributed by atoms with van der Waals surface area (Å²) in [5.74, 6) is -3.32. The summed E-state index contributed by atoms with van der Waals surface area (Å²) in [6.07, 6.45) is 2.03. The predicted molar refractivity (Wildman–Crippen MR) is 94.2 cm³/mol. The highest BCUT2D eigenvalue weighted by molar-refractivity contribution is 7.91. The van der Waals surface area contributed by atoms with Gasteiger partial charge < -0.3 is 10.2 Å². The maximum atomic E-state index is 12.6. The molecule has 1 aliphatic rings. The van der Waals surface area contributed by atoms with Crippen molar-refractivity contribution in [2.75, 3.05) is 25.0 Å². The third-order valence-corrected chi connectivity index (χ3v) is 5.97. The van der Waals surface area contributed by atoms with Crippen molar-refractivity contribution in [2.45, 2.75) is 43.4 Å². The molecule has 0 aromatic heterocycles. The fourth-order valence-corrected chi connectivity index (χ4v) is 3.82. The molecule has 7 nitrogen and oxygen atoms in total. The van der Waals surface area contributed by atoms with E-state index in [0.29, 0.717) is 24.6 Å². The zero-order valence-corrected chi connectivity index (χ0v) is 15.5. The molecule has 0 spiro atoms. The standard InChI is InChI=1S/C16H23F2N3O4S/c1-11(2)20-7-3-4-12(10-20)9-19-14-6-5-13(8-15(14)21(22)23)26(24,25)16(17)18/h5-6,8,11-12,16,19H,3-4,7,9-10H2,1-2H3. The summed E-state index contributed by atoms with van der Waals surface area (Å²) >= 11 is 0. The molecule has 2 rings (SSSR count).